The molecule has 0 fully saturated rings. The molecule has 0 unspecified atom stereocenters. The quantitative estimate of drug-likeness (QED) is 0.344. The summed E-state index contributed by atoms with van der Waals surface area (Å²) in [4.78, 5) is 39.3. The van der Waals surface area contributed by atoms with Crippen LogP contribution < -0.4 is 16.6 Å². The molecule has 186 valence electrons. The lowest BCUT2D eigenvalue weighted by Gasteiger charge is -2.13. The highest BCUT2D eigenvalue weighted by Crippen LogP contribution is 2.20. The second-order valence-electron chi connectivity index (χ2n) is 8.28. The molecule has 5 aromatic rings. The van der Waals surface area contributed by atoms with Gasteiger partial charge in [0.2, 0.25) is 5.91 Å². The van der Waals surface area contributed by atoms with E-state index in [0.717, 1.165) is 10.3 Å². The number of benzene rings is 3. The molecule has 0 atom stereocenters. The van der Waals surface area contributed by atoms with E-state index in [1.165, 1.54) is 4.57 Å². The van der Waals surface area contributed by atoms with Gasteiger partial charge in [0.1, 0.15) is 12.2 Å². The molecule has 0 aliphatic carbocycles. The Morgan fingerprint density at radius 2 is 1.68 bits per heavy atom. The van der Waals surface area contributed by atoms with Crippen LogP contribution in [0.3, 0.4) is 0 Å². The normalized spacial score (nSPS) is 11.1. The minimum Gasteiger partial charge on any atom is -0.350 e. The highest BCUT2D eigenvalue weighted by molar-refractivity contribution is 6.35. The van der Waals surface area contributed by atoms with Crippen molar-refractivity contribution >= 4 is 40.0 Å². The number of amides is 1. The lowest BCUT2D eigenvalue weighted by molar-refractivity contribution is -0.121. The molecule has 2 heterocycles. The van der Waals surface area contributed by atoms with Crippen LogP contribution in [0.5, 0.6) is 0 Å². The number of hydrogen-bond donors (Lipinski definition) is 1. The molecule has 11 heteroatoms. The Hall–Kier alpha value is -4.21. The molecule has 0 aliphatic rings. The standard InChI is InChI=1S/C26H20Cl2N6O3/c27-18-11-10-17(22(28)12-18)13-29-24(35)16-33-25(36)21-8-4-5-9-23(21)32(26(33)37)14-19-15-34(31-30-19)20-6-2-1-3-7-20/h1-12,15H,13-14,16H2,(H,29,35). The summed E-state index contributed by atoms with van der Waals surface area (Å²) in [5.41, 5.74) is 1.26. The van der Waals surface area contributed by atoms with Crippen molar-refractivity contribution in [1.29, 1.82) is 0 Å². The van der Waals surface area contributed by atoms with Gasteiger partial charge in [0.15, 0.2) is 0 Å². The van der Waals surface area contributed by atoms with Crippen LogP contribution in [-0.2, 0) is 24.4 Å². The van der Waals surface area contributed by atoms with Gasteiger partial charge in [-0.05, 0) is 42.0 Å². The number of hydrogen-bond acceptors (Lipinski definition) is 5. The Morgan fingerprint density at radius 3 is 2.46 bits per heavy atom. The third-order valence-corrected chi connectivity index (χ3v) is 6.39. The van der Waals surface area contributed by atoms with Crippen LogP contribution in [0.25, 0.3) is 16.6 Å². The largest absolute Gasteiger partial charge is 0.350 e. The molecule has 37 heavy (non-hydrogen) atoms. The molecule has 1 amide bonds. The van der Waals surface area contributed by atoms with Gasteiger partial charge in [-0.15, -0.1) is 5.10 Å². The maximum Gasteiger partial charge on any atom is 0.332 e. The summed E-state index contributed by atoms with van der Waals surface area (Å²) in [6.07, 6.45) is 1.72. The van der Waals surface area contributed by atoms with Crippen molar-refractivity contribution in [2.45, 2.75) is 19.6 Å². The molecule has 0 spiro atoms. The molecule has 0 saturated heterocycles. The van der Waals surface area contributed by atoms with E-state index >= 15 is 0 Å². The number of aromatic nitrogens is 5. The van der Waals surface area contributed by atoms with E-state index in [1.54, 1.807) is 53.3 Å². The van der Waals surface area contributed by atoms with Crippen LogP contribution in [0.4, 0.5) is 0 Å². The van der Waals surface area contributed by atoms with Gasteiger partial charge in [-0.25, -0.2) is 9.48 Å². The van der Waals surface area contributed by atoms with Gasteiger partial charge in [0.25, 0.3) is 5.56 Å². The maximum absolute atomic E-state index is 13.4. The molecule has 5 rings (SSSR count). The third-order valence-electron chi connectivity index (χ3n) is 5.81. The van der Waals surface area contributed by atoms with Crippen molar-refractivity contribution in [2.24, 2.45) is 0 Å². The fraction of sp³-hybridized carbons (Fsp3) is 0.115. The molecule has 0 radical (unpaired) electrons. The average Bonchev–Trinajstić information content (AvgIpc) is 3.38. The first-order valence-corrected chi connectivity index (χ1v) is 12.1. The van der Waals surface area contributed by atoms with E-state index in [2.05, 4.69) is 15.6 Å². The Kier molecular flexibility index (Phi) is 6.89. The van der Waals surface area contributed by atoms with Gasteiger partial charge in [0.05, 0.1) is 29.3 Å². The Labute approximate surface area is 220 Å². The van der Waals surface area contributed by atoms with Crippen LogP contribution in [0.2, 0.25) is 10.0 Å². The van der Waals surface area contributed by atoms with Gasteiger partial charge < -0.3 is 5.32 Å². The van der Waals surface area contributed by atoms with E-state index in [0.29, 0.717) is 32.2 Å². The molecule has 0 saturated carbocycles. The van der Waals surface area contributed by atoms with Crippen molar-refractivity contribution in [3.8, 4) is 5.69 Å². The molecule has 9 nitrogen and oxygen atoms in total. The summed E-state index contributed by atoms with van der Waals surface area (Å²) in [7, 11) is 0. The van der Waals surface area contributed by atoms with Crippen LogP contribution >= 0.6 is 23.2 Å². The average molecular weight is 535 g/mol. The second kappa shape index (κ2) is 10.4. The summed E-state index contributed by atoms with van der Waals surface area (Å²) >= 11 is 12.1. The van der Waals surface area contributed by atoms with E-state index in [4.69, 9.17) is 23.2 Å². The zero-order chi connectivity index (χ0) is 25.9. The predicted molar refractivity (Wildman–Crippen MR) is 141 cm³/mol. The second-order valence-corrected chi connectivity index (χ2v) is 9.12. The van der Waals surface area contributed by atoms with Gasteiger partial charge in [0, 0.05) is 16.6 Å². The summed E-state index contributed by atoms with van der Waals surface area (Å²) < 4.78 is 3.94. The molecule has 0 bridgehead atoms. The van der Waals surface area contributed by atoms with Crippen LogP contribution in [0, 0.1) is 0 Å². The van der Waals surface area contributed by atoms with E-state index < -0.39 is 23.7 Å². The van der Waals surface area contributed by atoms with Crippen molar-refractivity contribution in [3.05, 3.63) is 121 Å². The number of carbonyl (C=O) groups excluding carboxylic acids is 1. The monoisotopic (exact) mass is 534 g/mol. The number of nitrogens with zero attached hydrogens (tertiary/aromatic N) is 5. The molecule has 3 aromatic carbocycles. The first kappa shape index (κ1) is 24.5. The van der Waals surface area contributed by atoms with Crippen molar-refractivity contribution in [1.82, 2.24) is 29.4 Å². The number of nitrogens with one attached hydrogen (secondary N) is 1. The van der Waals surface area contributed by atoms with E-state index in [9.17, 15) is 14.4 Å². The van der Waals surface area contributed by atoms with Crippen LogP contribution in [-0.4, -0.2) is 30.0 Å². The van der Waals surface area contributed by atoms with Gasteiger partial charge in [-0.3, -0.25) is 18.7 Å². The van der Waals surface area contributed by atoms with E-state index in [-0.39, 0.29) is 13.1 Å². The van der Waals surface area contributed by atoms with Crippen molar-refractivity contribution < 1.29 is 4.79 Å². The van der Waals surface area contributed by atoms with Gasteiger partial charge in [-0.2, -0.15) is 0 Å². The minimum absolute atomic E-state index is 0.0640. The SMILES string of the molecule is O=C(Cn1c(=O)c2ccccc2n(Cc2cn(-c3ccccc3)nn2)c1=O)NCc1ccc(Cl)cc1Cl. The zero-order valence-corrected chi connectivity index (χ0v) is 20.9. The Bertz CT molecular complexity index is 1730. The lowest BCUT2D eigenvalue weighted by Crippen LogP contribution is -2.44. The number of para-hydroxylation sites is 2. The van der Waals surface area contributed by atoms with Crippen LogP contribution in [0.1, 0.15) is 11.3 Å². The maximum atomic E-state index is 13.4. The molecular weight excluding hydrogens is 515 g/mol. The smallest absolute Gasteiger partial charge is 0.332 e. The molecule has 0 aliphatic heterocycles. The first-order chi connectivity index (χ1) is 17.9. The minimum atomic E-state index is -0.627. The predicted octanol–water partition coefficient (Wildman–Crippen LogP) is 3.42. The summed E-state index contributed by atoms with van der Waals surface area (Å²) in [6.45, 7) is -0.271. The highest BCUT2D eigenvalue weighted by atomic mass is 35.5. The fourth-order valence-electron chi connectivity index (χ4n) is 3.96. The molecular formula is C26H20Cl2N6O3. The molecule has 2 aromatic heterocycles. The third kappa shape index (κ3) is 5.18. The van der Waals surface area contributed by atoms with E-state index in [1.807, 2.05) is 30.3 Å². The zero-order valence-electron chi connectivity index (χ0n) is 19.3. The number of fused-ring (bicyclic) bond motifs is 1. The number of halogens is 2. The Morgan fingerprint density at radius 1 is 0.919 bits per heavy atom. The van der Waals surface area contributed by atoms with Crippen molar-refractivity contribution in [2.75, 3.05) is 0 Å². The Balaban J connectivity index is 1.44. The topological polar surface area (TPSA) is 104 Å². The highest BCUT2D eigenvalue weighted by Gasteiger charge is 2.17. The lowest BCUT2D eigenvalue weighted by atomic mass is 10.2. The molecule has 1 N–H and O–H groups in total. The number of rotatable bonds is 7. The van der Waals surface area contributed by atoms with Gasteiger partial charge >= 0.3 is 5.69 Å². The first-order valence-electron chi connectivity index (χ1n) is 11.3. The summed E-state index contributed by atoms with van der Waals surface area (Å²) in [5, 5.41) is 12.2. The summed E-state index contributed by atoms with van der Waals surface area (Å²) in [6, 6.07) is 21.1. The summed E-state index contributed by atoms with van der Waals surface area (Å²) in [5.74, 6) is -0.512. The van der Waals surface area contributed by atoms with Gasteiger partial charge in [-0.1, -0.05) is 64.8 Å². The van der Waals surface area contributed by atoms with Crippen molar-refractivity contribution in [3.63, 3.8) is 0 Å². The fourth-order valence-corrected chi connectivity index (χ4v) is 4.44. The number of carbonyl (C=O) groups is 1. The van der Waals surface area contributed by atoms with Crippen LogP contribution in [0.15, 0.2) is 88.6 Å².